The van der Waals surface area contributed by atoms with Gasteiger partial charge in [0.1, 0.15) is 12.6 Å². The van der Waals surface area contributed by atoms with Crippen LogP contribution in [0.25, 0.3) is 0 Å². The second-order valence-corrected chi connectivity index (χ2v) is 16.4. The number of phosphoric ester groups is 1. The van der Waals surface area contributed by atoms with Crippen molar-refractivity contribution in [1.29, 1.82) is 0 Å². The van der Waals surface area contributed by atoms with E-state index in [9.17, 15) is 23.8 Å². The van der Waals surface area contributed by atoms with Gasteiger partial charge in [-0.05, 0) is 25.7 Å². The normalized spacial score (nSPS) is 13.6. The summed E-state index contributed by atoms with van der Waals surface area (Å²) in [7, 11) is -4.71. The standard InChI is InChI=1S/C42H80NO10P/c1-3-5-7-9-11-13-15-17-19-21-23-25-27-29-31-33-40(44)50-35-38(36-51-54(48,49)52-37-39(43)42(46)47)53-41(45)34-32-30-28-26-24-22-20-18-16-14-12-10-8-6-4-2/h4,38-39H,2-3,5-37,43H2,1H3,(H,46,47)(H,48,49)/t38-,39+/m1/s1. The fraction of sp³-hybridized carbons (Fsp3) is 0.881. The number of unbranched alkanes of at least 4 members (excludes halogenated alkanes) is 27. The number of nitrogens with two attached hydrogens (primary N) is 1. The number of hydrogen-bond acceptors (Lipinski definition) is 9. The molecule has 0 aromatic rings. The Hall–Kier alpha value is -1.78. The summed E-state index contributed by atoms with van der Waals surface area (Å²) in [6, 6.07) is -1.52. The lowest BCUT2D eigenvalue weighted by Crippen LogP contribution is -2.34. The van der Waals surface area contributed by atoms with Crippen molar-refractivity contribution in [3.05, 3.63) is 12.7 Å². The zero-order valence-electron chi connectivity index (χ0n) is 34.2. The largest absolute Gasteiger partial charge is 0.480 e. The fourth-order valence-electron chi connectivity index (χ4n) is 6.22. The van der Waals surface area contributed by atoms with E-state index in [4.69, 9.17) is 24.8 Å². The molecule has 12 heteroatoms. The SMILES string of the molecule is C=CCCCCCCCCCCCCCCCC(=O)O[C@H](COC(=O)CCCCCCCCCCCCCCCCC)COP(=O)(O)OC[C@H](N)C(=O)O. The van der Waals surface area contributed by atoms with Gasteiger partial charge in [-0.3, -0.25) is 23.4 Å². The maximum Gasteiger partial charge on any atom is 0.472 e. The highest BCUT2D eigenvalue weighted by Gasteiger charge is 2.28. The Bertz CT molecular complexity index is 965. The summed E-state index contributed by atoms with van der Waals surface area (Å²) < 4.78 is 32.7. The molecule has 0 fully saturated rings. The third kappa shape index (κ3) is 37.2. The van der Waals surface area contributed by atoms with Crippen LogP contribution in [0.1, 0.15) is 206 Å². The molecule has 1 unspecified atom stereocenters. The van der Waals surface area contributed by atoms with Gasteiger partial charge < -0.3 is 25.2 Å². The molecular formula is C42H80NO10P. The topological polar surface area (TPSA) is 172 Å². The molecule has 0 spiro atoms. The molecule has 0 saturated carbocycles. The molecule has 0 bridgehead atoms. The minimum Gasteiger partial charge on any atom is -0.480 e. The summed E-state index contributed by atoms with van der Waals surface area (Å²) in [4.78, 5) is 45.9. The van der Waals surface area contributed by atoms with Gasteiger partial charge in [0, 0.05) is 12.8 Å². The number of ether oxygens (including phenoxy) is 2. The highest BCUT2D eigenvalue weighted by molar-refractivity contribution is 7.47. The number of esters is 2. The molecule has 0 aliphatic carbocycles. The van der Waals surface area contributed by atoms with Crippen LogP contribution in [0.5, 0.6) is 0 Å². The summed E-state index contributed by atoms with van der Waals surface area (Å²) in [5.74, 6) is -2.37. The van der Waals surface area contributed by atoms with E-state index in [0.717, 1.165) is 44.9 Å². The molecule has 0 aromatic carbocycles. The van der Waals surface area contributed by atoms with E-state index in [1.807, 2.05) is 6.08 Å². The quantitative estimate of drug-likeness (QED) is 0.0232. The van der Waals surface area contributed by atoms with Crippen LogP contribution < -0.4 is 5.73 Å². The number of carboxylic acids is 1. The van der Waals surface area contributed by atoms with Crippen LogP contribution >= 0.6 is 7.82 Å². The molecular weight excluding hydrogens is 709 g/mol. The lowest BCUT2D eigenvalue weighted by Gasteiger charge is -2.20. The molecule has 54 heavy (non-hydrogen) atoms. The first-order valence-electron chi connectivity index (χ1n) is 21.7. The summed E-state index contributed by atoms with van der Waals surface area (Å²) >= 11 is 0. The Morgan fingerprint density at radius 3 is 1.37 bits per heavy atom. The van der Waals surface area contributed by atoms with Gasteiger partial charge in [0.25, 0.3) is 0 Å². The number of hydrogen-bond donors (Lipinski definition) is 3. The number of carbonyl (C=O) groups is 3. The van der Waals surface area contributed by atoms with Gasteiger partial charge in [-0.25, -0.2) is 4.57 Å². The van der Waals surface area contributed by atoms with E-state index in [1.165, 1.54) is 128 Å². The zero-order valence-corrected chi connectivity index (χ0v) is 35.1. The minimum absolute atomic E-state index is 0.164. The summed E-state index contributed by atoms with van der Waals surface area (Å²) in [5, 5.41) is 8.88. The maximum atomic E-state index is 12.6. The fourth-order valence-corrected chi connectivity index (χ4v) is 7.00. The van der Waals surface area contributed by atoms with Gasteiger partial charge in [-0.2, -0.15) is 0 Å². The number of rotatable bonds is 42. The molecule has 0 aromatic heterocycles. The predicted octanol–water partition coefficient (Wildman–Crippen LogP) is 11.3. The van der Waals surface area contributed by atoms with E-state index < -0.39 is 51.1 Å². The average molecular weight is 790 g/mol. The number of carbonyl (C=O) groups excluding carboxylic acids is 2. The van der Waals surface area contributed by atoms with E-state index in [1.54, 1.807) is 0 Å². The lowest BCUT2D eigenvalue weighted by molar-refractivity contribution is -0.161. The number of carboxylic acid groups (broad SMARTS) is 1. The summed E-state index contributed by atoms with van der Waals surface area (Å²) in [6.07, 6.45) is 35.9. The molecule has 4 N–H and O–H groups in total. The van der Waals surface area contributed by atoms with Gasteiger partial charge in [0.15, 0.2) is 6.10 Å². The molecule has 0 heterocycles. The van der Waals surface area contributed by atoms with Gasteiger partial charge in [0.05, 0.1) is 13.2 Å². The Kier molecular flexibility index (Phi) is 36.9. The van der Waals surface area contributed by atoms with E-state index in [0.29, 0.717) is 12.8 Å². The first-order valence-corrected chi connectivity index (χ1v) is 23.2. The smallest absolute Gasteiger partial charge is 0.472 e. The Balaban J connectivity index is 4.32. The first-order chi connectivity index (χ1) is 26.1. The molecule has 318 valence electrons. The first kappa shape index (κ1) is 52.2. The monoisotopic (exact) mass is 790 g/mol. The highest BCUT2D eigenvalue weighted by Crippen LogP contribution is 2.43. The van der Waals surface area contributed by atoms with Gasteiger partial charge in [-0.1, -0.05) is 174 Å². The average Bonchev–Trinajstić information content (AvgIpc) is 3.14. The third-order valence-electron chi connectivity index (χ3n) is 9.66. The maximum absolute atomic E-state index is 12.6. The third-order valence-corrected chi connectivity index (χ3v) is 10.6. The molecule has 0 radical (unpaired) electrons. The number of aliphatic carboxylic acids is 1. The van der Waals surface area contributed by atoms with Gasteiger partial charge in [-0.15, -0.1) is 6.58 Å². The molecule has 0 aliphatic rings. The molecule has 3 atom stereocenters. The zero-order chi connectivity index (χ0) is 40.0. The molecule has 0 amide bonds. The van der Waals surface area contributed by atoms with Gasteiger partial charge >= 0.3 is 25.7 Å². The van der Waals surface area contributed by atoms with Crippen LogP contribution in [0.4, 0.5) is 0 Å². The minimum atomic E-state index is -4.71. The van der Waals surface area contributed by atoms with Crippen molar-refractivity contribution in [1.82, 2.24) is 0 Å². The second kappa shape index (κ2) is 38.1. The Morgan fingerprint density at radius 2 is 0.963 bits per heavy atom. The van der Waals surface area contributed by atoms with Crippen LogP contribution in [0.15, 0.2) is 12.7 Å². The van der Waals surface area contributed by atoms with E-state index >= 15 is 0 Å². The highest BCUT2D eigenvalue weighted by atomic mass is 31.2. The van der Waals surface area contributed by atoms with Gasteiger partial charge in [0.2, 0.25) is 0 Å². The van der Waals surface area contributed by atoms with Crippen LogP contribution in [-0.2, 0) is 37.5 Å². The predicted molar refractivity (Wildman–Crippen MR) is 217 cm³/mol. The number of phosphoric acid groups is 1. The van der Waals surface area contributed by atoms with Crippen LogP contribution in [0, 0.1) is 0 Å². The molecule has 0 rings (SSSR count). The van der Waals surface area contributed by atoms with Crippen molar-refractivity contribution in [2.75, 3.05) is 19.8 Å². The van der Waals surface area contributed by atoms with Crippen molar-refractivity contribution in [3.8, 4) is 0 Å². The van der Waals surface area contributed by atoms with Crippen LogP contribution in [-0.4, -0.2) is 59.9 Å². The Morgan fingerprint density at radius 1 is 0.593 bits per heavy atom. The number of allylic oxidation sites excluding steroid dienone is 1. The summed E-state index contributed by atoms with van der Waals surface area (Å²) in [6.45, 7) is 4.34. The second-order valence-electron chi connectivity index (χ2n) is 14.9. The van der Waals surface area contributed by atoms with Crippen molar-refractivity contribution < 1.29 is 47.5 Å². The summed E-state index contributed by atoms with van der Waals surface area (Å²) in [5.41, 5.74) is 5.33. The van der Waals surface area contributed by atoms with Crippen molar-refractivity contribution in [2.45, 2.75) is 218 Å². The van der Waals surface area contributed by atoms with E-state index in [2.05, 4.69) is 18.0 Å². The van der Waals surface area contributed by atoms with E-state index in [-0.39, 0.29) is 19.4 Å². The van der Waals surface area contributed by atoms with Crippen molar-refractivity contribution in [2.24, 2.45) is 5.73 Å². The van der Waals surface area contributed by atoms with Crippen LogP contribution in [0.3, 0.4) is 0 Å². The van der Waals surface area contributed by atoms with Crippen molar-refractivity contribution >= 4 is 25.7 Å². The van der Waals surface area contributed by atoms with Crippen molar-refractivity contribution in [3.63, 3.8) is 0 Å². The Labute approximate surface area is 328 Å². The lowest BCUT2D eigenvalue weighted by atomic mass is 10.0. The molecule has 0 saturated heterocycles. The molecule has 0 aliphatic heterocycles. The molecule has 11 nitrogen and oxygen atoms in total. The van der Waals surface area contributed by atoms with Crippen LogP contribution in [0.2, 0.25) is 0 Å².